The highest BCUT2D eigenvalue weighted by Gasteiger charge is 2.56. The van der Waals surface area contributed by atoms with E-state index >= 15 is 4.39 Å². The lowest BCUT2D eigenvalue weighted by atomic mass is 9.79. The molecule has 5 saturated heterocycles. The lowest BCUT2D eigenvalue weighted by molar-refractivity contribution is -0.0904. The summed E-state index contributed by atoms with van der Waals surface area (Å²) in [5, 5.41) is 15.6. The highest BCUT2D eigenvalue weighted by atomic mass is 19.1. The SMILES string of the molecule is C#Cc1c(F)ccc2cccc(C3NC4OC[C@@H]5[C@@H]6CC[C@H](CN5C5NCNC(C3F)C45)N6)c12. The average Bonchev–Trinajstić information content (AvgIpc) is 3.17. The first-order valence-corrected chi connectivity index (χ1v) is 12.3. The molecule has 5 aliphatic rings. The number of fused-ring (bicyclic) bond motifs is 6. The number of hydrogen-bond acceptors (Lipinski definition) is 6. The van der Waals surface area contributed by atoms with Crippen LogP contribution < -0.4 is 21.3 Å². The van der Waals surface area contributed by atoms with Crippen LogP contribution in [0, 0.1) is 24.1 Å². The molecule has 7 rings (SSSR count). The quantitative estimate of drug-likeness (QED) is 0.480. The normalized spacial score (nSPS) is 41.4. The summed E-state index contributed by atoms with van der Waals surface area (Å²) in [4.78, 5) is 2.52. The summed E-state index contributed by atoms with van der Waals surface area (Å²) in [7, 11) is 0. The van der Waals surface area contributed by atoms with Gasteiger partial charge in [0.1, 0.15) is 18.2 Å². The van der Waals surface area contributed by atoms with Crippen molar-refractivity contribution < 1.29 is 13.5 Å². The lowest BCUT2D eigenvalue weighted by Gasteiger charge is -2.53. The van der Waals surface area contributed by atoms with E-state index in [1.165, 1.54) is 12.5 Å². The van der Waals surface area contributed by atoms with Gasteiger partial charge in [0.2, 0.25) is 0 Å². The van der Waals surface area contributed by atoms with Crippen molar-refractivity contribution in [3.05, 3.63) is 47.3 Å². The van der Waals surface area contributed by atoms with Crippen molar-refractivity contribution in [1.29, 1.82) is 0 Å². The van der Waals surface area contributed by atoms with Gasteiger partial charge in [-0.3, -0.25) is 20.9 Å². The van der Waals surface area contributed by atoms with Crippen LogP contribution >= 0.6 is 0 Å². The Morgan fingerprint density at radius 1 is 1.12 bits per heavy atom. The largest absolute Gasteiger partial charge is 0.361 e. The van der Waals surface area contributed by atoms with Gasteiger partial charge < -0.3 is 10.1 Å². The third kappa shape index (κ3) is 3.02. The number of terminal acetylenes is 1. The first-order chi connectivity index (χ1) is 16.6. The first-order valence-electron chi connectivity index (χ1n) is 12.3. The number of nitrogens with one attached hydrogen (secondary N) is 4. The second-order valence-corrected chi connectivity index (χ2v) is 10.3. The van der Waals surface area contributed by atoms with E-state index in [4.69, 9.17) is 11.2 Å². The van der Waals surface area contributed by atoms with Crippen LogP contribution in [0.25, 0.3) is 10.8 Å². The van der Waals surface area contributed by atoms with Crippen molar-refractivity contribution >= 4 is 10.8 Å². The predicted molar refractivity (Wildman–Crippen MR) is 125 cm³/mol. The molecular formula is C26H29F2N5O. The Kier molecular flexibility index (Phi) is 4.96. The minimum atomic E-state index is -1.23. The molecule has 34 heavy (non-hydrogen) atoms. The number of piperazine rings is 1. The third-order valence-corrected chi connectivity index (χ3v) is 8.69. The smallest absolute Gasteiger partial charge is 0.139 e. The van der Waals surface area contributed by atoms with Gasteiger partial charge >= 0.3 is 0 Å². The van der Waals surface area contributed by atoms with Crippen LogP contribution in [0.3, 0.4) is 0 Å². The molecule has 5 heterocycles. The molecule has 2 bridgehead atoms. The van der Waals surface area contributed by atoms with Crippen LogP contribution in [-0.2, 0) is 4.74 Å². The van der Waals surface area contributed by atoms with Gasteiger partial charge in [-0.1, -0.05) is 30.2 Å². The molecule has 5 aliphatic heterocycles. The van der Waals surface area contributed by atoms with Crippen LogP contribution in [0.5, 0.6) is 0 Å². The van der Waals surface area contributed by atoms with Crippen LogP contribution in [0.2, 0.25) is 0 Å². The molecule has 2 aromatic carbocycles. The van der Waals surface area contributed by atoms with Crippen molar-refractivity contribution in [3.63, 3.8) is 0 Å². The summed E-state index contributed by atoms with van der Waals surface area (Å²) in [6.45, 7) is 2.08. The van der Waals surface area contributed by atoms with Crippen molar-refractivity contribution in [2.75, 3.05) is 19.8 Å². The van der Waals surface area contributed by atoms with Gasteiger partial charge in [0.15, 0.2) is 0 Å². The Hall–Kier alpha value is -2.12. The Labute approximate surface area is 197 Å². The van der Waals surface area contributed by atoms with Gasteiger partial charge in [-0.15, -0.1) is 6.42 Å². The first kappa shape index (κ1) is 21.2. The second-order valence-electron chi connectivity index (χ2n) is 10.3. The van der Waals surface area contributed by atoms with Crippen LogP contribution in [0.15, 0.2) is 30.3 Å². The maximum absolute atomic E-state index is 16.4. The topological polar surface area (TPSA) is 60.6 Å². The highest BCUT2D eigenvalue weighted by molar-refractivity contribution is 5.91. The zero-order valence-electron chi connectivity index (χ0n) is 18.8. The van der Waals surface area contributed by atoms with Crippen molar-refractivity contribution in [2.24, 2.45) is 5.92 Å². The van der Waals surface area contributed by atoms with Gasteiger partial charge in [-0.25, -0.2) is 8.78 Å². The van der Waals surface area contributed by atoms with Gasteiger partial charge in [0, 0.05) is 42.6 Å². The van der Waals surface area contributed by atoms with Crippen molar-refractivity contribution in [3.8, 4) is 12.3 Å². The number of halogens is 2. The minimum absolute atomic E-state index is 0.0341. The molecule has 0 radical (unpaired) electrons. The number of rotatable bonds is 1. The molecular weight excluding hydrogens is 436 g/mol. The number of ether oxygens (including phenoxy) is 1. The van der Waals surface area contributed by atoms with E-state index < -0.39 is 24.1 Å². The Bertz CT molecular complexity index is 1170. The molecule has 9 atom stereocenters. The number of benzene rings is 2. The Morgan fingerprint density at radius 3 is 2.91 bits per heavy atom. The zero-order valence-corrected chi connectivity index (χ0v) is 18.8. The highest BCUT2D eigenvalue weighted by Crippen LogP contribution is 2.42. The standard InChI is InChI=1S/C26H29F2N5O/c1-2-15-17(27)8-6-13-4-3-5-16(20(13)15)23-22(28)24-21-25(30-12-29-24)33-10-14-7-9-18(31-14)19(33)11-34-26(21)32-23/h1,3-6,8,14,18-19,21-26,29-32H,7,9-12H2/t14-,18+,19-,21?,22?,23?,24?,25?,26?/m1/s1. The van der Waals surface area contributed by atoms with Gasteiger partial charge in [-0.05, 0) is 29.9 Å². The van der Waals surface area contributed by atoms with Gasteiger partial charge in [-0.2, -0.15) is 0 Å². The molecule has 2 aromatic rings. The number of alkyl halides is 1. The molecule has 0 saturated carbocycles. The van der Waals surface area contributed by atoms with Gasteiger partial charge in [0.05, 0.1) is 30.4 Å². The van der Waals surface area contributed by atoms with E-state index in [1.54, 1.807) is 6.07 Å². The molecule has 178 valence electrons. The van der Waals surface area contributed by atoms with E-state index in [0.29, 0.717) is 36.3 Å². The van der Waals surface area contributed by atoms with Crippen LogP contribution in [0.4, 0.5) is 8.78 Å². The van der Waals surface area contributed by atoms with E-state index in [-0.39, 0.29) is 29.9 Å². The zero-order chi connectivity index (χ0) is 23.0. The lowest BCUT2D eigenvalue weighted by Crippen LogP contribution is -2.75. The summed E-state index contributed by atoms with van der Waals surface area (Å²) in [6.07, 6.45) is 6.49. The summed E-state index contributed by atoms with van der Waals surface area (Å²) < 4.78 is 37.5. The molecule has 5 fully saturated rings. The Balaban J connectivity index is 1.29. The predicted octanol–water partition coefficient (Wildman–Crippen LogP) is 1.56. The second kappa shape index (κ2) is 7.95. The fourth-order valence-electron chi connectivity index (χ4n) is 7.21. The molecule has 4 N–H and O–H groups in total. The monoisotopic (exact) mass is 465 g/mol. The van der Waals surface area contributed by atoms with Gasteiger partial charge in [0.25, 0.3) is 0 Å². The number of piperidine rings is 1. The van der Waals surface area contributed by atoms with E-state index in [9.17, 15) is 4.39 Å². The van der Waals surface area contributed by atoms with Crippen LogP contribution in [0.1, 0.15) is 30.0 Å². The van der Waals surface area contributed by atoms with Crippen LogP contribution in [-0.4, -0.2) is 67.5 Å². The van der Waals surface area contributed by atoms with Crippen molar-refractivity contribution in [1.82, 2.24) is 26.2 Å². The van der Waals surface area contributed by atoms with Crippen molar-refractivity contribution in [2.45, 2.75) is 61.6 Å². The summed E-state index contributed by atoms with van der Waals surface area (Å²) in [5.41, 5.74) is 0.862. The van der Waals surface area contributed by atoms with E-state index in [1.807, 2.05) is 18.2 Å². The fraction of sp³-hybridized carbons (Fsp3) is 0.538. The molecule has 6 nitrogen and oxygen atoms in total. The summed E-state index contributed by atoms with van der Waals surface area (Å²) >= 11 is 0. The maximum Gasteiger partial charge on any atom is 0.139 e. The maximum atomic E-state index is 16.4. The summed E-state index contributed by atoms with van der Waals surface area (Å²) in [6, 6.07) is 8.81. The average molecular weight is 466 g/mol. The molecule has 0 aliphatic carbocycles. The molecule has 8 heteroatoms. The third-order valence-electron chi connectivity index (χ3n) is 8.69. The molecule has 0 amide bonds. The summed E-state index contributed by atoms with van der Waals surface area (Å²) in [5.74, 6) is 1.94. The number of hydrogen-bond donors (Lipinski definition) is 4. The fourth-order valence-corrected chi connectivity index (χ4v) is 7.21. The molecule has 0 spiro atoms. The van der Waals surface area contributed by atoms with E-state index in [2.05, 4.69) is 32.1 Å². The molecule has 6 unspecified atom stereocenters. The Morgan fingerprint density at radius 2 is 2.03 bits per heavy atom. The molecule has 0 aromatic heterocycles. The van der Waals surface area contributed by atoms with E-state index in [0.717, 1.165) is 18.4 Å². The minimum Gasteiger partial charge on any atom is -0.361 e. The number of nitrogens with zero attached hydrogens (tertiary/aromatic N) is 1.